The Balaban J connectivity index is 1.41. The van der Waals surface area contributed by atoms with Crippen molar-refractivity contribution in [3.8, 4) is 0 Å². The molecule has 8 heteroatoms. The fourth-order valence-corrected chi connectivity index (χ4v) is 2.78. The third-order valence-corrected chi connectivity index (χ3v) is 4.25. The molecule has 2 amide bonds. The highest BCUT2D eigenvalue weighted by atomic mass is 16.3. The van der Waals surface area contributed by atoms with Gasteiger partial charge in [-0.25, -0.2) is 0 Å². The van der Waals surface area contributed by atoms with Crippen LogP contribution >= 0.6 is 0 Å². The molecule has 2 aromatic rings. The Bertz CT molecular complexity index is 742. The van der Waals surface area contributed by atoms with Gasteiger partial charge in [-0.1, -0.05) is 5.21 Å². The summed E-state index contributed by atoms with van der Waals surface area (Å²) in [6.07, 6.45) is 8.10. The minimum absolute atomic E-state index is 0.0153. The van der Waals surface area contributed by atoms with Gasteiger partial charge in [0.15, 0.2) is 5.69 Å². The summed E-state index contributed by atoms with van der Waals surface area (Å²) in [5.74, 6) is 0.792. The summed E-state index contributed by atoms with van der Waals surface area (Å²) in [6, 6.07) is 3.58. The lowest BCUT2D eigenvalue weighted by molar-refractivity contribution is -0.127. The average Bonchev–Trinajstić information content (AvgIpc) is 3.29. The molecule has 2 aromatic heterocycles. The predicted octanol–water partition coefficient (Wildman–Crippen LogP) is 1.09. The molecule has 0 spiro atoms. The third kappa shape index (κ3) is 4.56. The van der Waals surface area contributed by atoms with Gasteiger partial charge in [-0.3, -0.25) is 14.3 Å². The number of amides is 2. The first-order chi connectivity index (χ1) is 12.1. The maximum Gasteiger partial charge on any atom is 0.273 e. The Morgan fingerprint density at radius 3 is 2.84 bits per heavy atom. The second-order valence-corrected chi connectivity index (χ2v) is 6.10. The van der Waals surface area contributed by atoms with E-state index >= 15 is 0 Å². The second-order valence-electron chi connectivity index (χ2n) is 6.10. The van der Waals surface area contributed by atoms with Crippen LogP contribution in [0.25, 0.3) is 6.08 Å². The minimum Gasteiger partial charge on any atom is -0.465 e. The molecule has 0 saturated carbocycles. The van der Waals surface area contributed by atoms with Crippen LogP contribution in [-0.4, -0.2) is 51.3 Å². The first kappa shape index (κ1) is 16.9. The number of hydrogen-bond acceptors (Lipinski definition) is 5. The Morgan fingerprint density at radius 1 is 1.40 bits per heavy atom. The molecule has 1 saturated heterocycles. The third-order valence-electron chi connectivity index (χ3n) is 4.25. The zero-order valence-corrected chi connectivity index (χ0v) is 14.1. The smallest absolute Gasteiger partial charge is 0.273 e. The number of carbonyl (C=O) groups excluding carboxylic acids is 2. The summed E-state index contributed by atoms with van der Waals surface area (Å²) in [6.45, 7) is 1.96. The molecule has 3 rings (SSSR count). The van der Waals surface area contributed by atoms with Crippen molar-refractivity contribution < 1.29 is 14.0 Å². The van der Waals surface area contributed by atoms with E-state index in [0.29, 0.717) is 37.0 Å². The Morgan fingerprint density at radius 2 is 2.20 bits per heavy atom. The monoisotopic (exact) mass is 343 g/mol. The fraction of sp³-hybridized carbons (Fsp3) is 0.412. The number of nitrogens with one attached hydrogen (secondary N) is 1. The van der Waals surface area contributed by atoms with E-state index in [9.17, 15) is 9.59 Å². The van der Waals surface area contributed by atoms with E-state index < -0.39 is 0 Å². The molecule has 0 aromatic carbocycles. The molecular weight excluding hydrogens is 322 g/mol. The van der Waals surface area contributed by atoms with E-state index in [0.717, 1.165) is 12.8 Å². The summed E-state index contributed by atoms with van der Waals surface area (Å²) in [7, 11) is 1.72. The van der Waals surface area contributed by atoms with Gasteiger partial charge in [0, 0.05) is 32.8 Å². The highest BCUT2D eigenvalue weighted by Crippen LogP contribution is 2.17. The van der Waals surface area contributed by atoms with Crippen LogP contribution in [0.4, 0.5) is 0 Å². The number of aryl methyl sites for hydroxylation is 1. The molecule has 0 aliphatic carbocycles. The van der Waals surface area contributed by atoms with Crippen LogP contribution in [0.1, 0.15) is 29.1 Å². The summed E-state index contributed by atoms with van der Waals surface area (Å²) in [5, 5.41) is 10.4. The first-order valence-electron chi connectivity index (χ1n) is 8.27. The molecule has 25 heavy (non-hydrogen) atoms. The lowest BCUT2D eigenvalue weighted by Gasteiger charge is -2.31. The van der Waals surface area contributed by atoms with E-state index in [1.165, 1.54) is 10.8 Å². The molecule has 1 aliphatic rings. The normalized spacial score (nSPS) is 15.6. The van der Waals surface area contributed by atoms with E-state index in [1.807, 2.05) is 4.90 Å². The lowest BCUT2D eigenvalue weighted by atomic mass is 9.96. The Labute approximate surface area is 145 Å². The van der Waals surface area contributed by atoms with Crippen molar-refractivity contribution in [2.45, 2.75) is 12.8 Å². The van der Waals surface area contributed by atoms with Gasteiger partial charge in [-0.15, -0.1) is 5.10 Å². The highest BCUT2D eigenvalue weighted by molar-refractivity contribution is 5.92. The van der Waals surface area contributed by atoms with Crippen molar-refractivity contribution >= 4 is 17.9 Å². The van der Waals surface area contributed by atoms with Gasteiger partial charge in [0.05, 0.1) is 12.5 Å². The van der Waals surface area contributed by atoms with Gasteiger partial charge in [-0.2, -0.15) is 0 Å². The Hall–Kier alpha value is -2.90. The number of furan rings is 1. The van der Waals surface area contributed by atoms with Crippen LogP contribution in [0.3, 0.4) is 0 Å². The van der Waals surface area contributed by atoms with Gasteiger partial charge < -0.3 is 14.6 Å². The standard InChI is InChI=1S/C17H21N5O3/c1-21-12-15(19-20-21)17(24)18-11-13-6-8-22(9-7-13)16(23)5-4-14-3-2-10-25-14/h2-5,10,12-13H,6-9,11H2,1H3,(H,18,24)/b5-4+. The van der Waals surface area contributed by atoms with E-state index in [-0.39, 0.29) is 11.8 Å². The largest absolute Gasteiger partial charge is 0.465 e. The van der Waals surface area contributed by atoms with Gasteiger partial charge in [0.1, 0.15) is 5.76 Å². The van der Waals surface area contributed by atoms with Crippen LogP contribution in [0.2, 0.25) is 0 Å². The van der Waals surface area contributed by atoms with Crippen LogP contribution < -0.4 is 5.32 Å². The molecule has 8 nitrogen and oxygen atoms in total. The molecule has 3 heterocycles. The summed E-state index contributed by atoms with van der Waals surface area (Å²) in [4.78, 5) is 25.9. The van der Waals surface area contributed by atoms with Crippen LogP contribution in [0.15, 0.2) is 35.1 Å². The maximum atomic E-state index is 12.2. The molecule has 0 unspecified atom stereocenters. The zero-order chi connectivity index (χ0) is 17.6. The van der Waals surface area contributed by atoms with Gasteiger partial charge >= 0.3 is 0 Å². The quantitative estimate of drug-likeness (QED) is 0.820. The number of hydrogen-bond donors (Lipinski definition) is 1. The zero-order valence-electron chi connectivity index (χ0n) is 14.1. The molecule has 132 valence electrons. The van der Waals surface area contributed by atoms with Crippen LogP contribution in [0, 0.1) is 5.92 Å². The number of carbonyl (C=O) groups is 2. The summed E-state index contributed by atoms with van der Waals surface area (Å²) in [5.41, 5.74) is 0.318. The molecule has 0 atom stereocenters. The van der Waals surface area contributed by atoms with Crippen molar-refractivity contribution in [2.75, 3.05) is 19.6 Å². The number of rotatable bonds is 5. The van der Waals surface area contributed by atoms with Crippen LogP contribution in [-0.2, 0) is 11.8 Å². The van der Waals surface area contributed by atoms with Gasteiger partial charge in [0.25, 0.3) is 5.91 Å². The summed E-state index contributed by atoms with van der Waals surface area (Å²) >= 11 is 0. The molecule has 0 radical (unpaired) electrons. The molecule has 1 fully saturated rings. The van der Waals surface area contributed by atoms with Crippen LogP contribution in [0.5, 0.6) is 0 Å². The average molecular weight is 343 g/mol. The molecule has 0 bridgehead atoms. The fourth-order valence-electron chi connectivity index (χ4n) is 2.78. The Kier molecular flexibility index (Phi) is 5.27. The number of aromatic nitrogens is 3. The number of nitrogens with zero attached hydrogens (tertiary/aromatic N) is 4. The molecule has 1 N–H and O–H groups in total. The van der Waals surface area contributed by atoms with Crippen molar-refractivity contribution in [3.05, 3.63) is 42.1 Å². The topological polar surface area (TPSA) is 93.3 Å². The van der Waals surface area contributed by atoms with Crippen molar-refractivity contribution in [1.29, 1.82) is 0 Å². The number of likely N-dealkylation sites (tertiary alicyclic amines) is 1. The second kappa shape index (κ2) is 7.78. The predicted molar refractivity (Wildman–Crippen MR) is 90.4 cm³/mol. The van der Waals surface area contributed by atoms with E-state index in [1.54, 1.807) is 37.7 Å². The van der Waals surface area contributed by atoms with Gasteiger partial charge in [0.2, 0.25) is 5.91 Å². The maximum absolute atomic E-state index is 12.2. The van der Waals surface area contributed by atoms with E-state index in [2.05, 4.69) is 15.6 Å². The van der Waals surface area contributed by atoms with Gasteiger partial charge in [-0.05, 0) is 37.0 Å². The molecular formula is C17H21N5O3. The van der Waals surface area contributed by atoms with Crippen molar-refractivity contribution in [1.82, 2.24) is 25.2 Å². The number of piperidine rings is 1. The van der Waals surface area contributed by atoms with E-state index in [4.69, 9.17) is 4.42 Å². The summed E-state index contributed by atoms with van der Waals surface area (Å²) < 4.78 is 6.67. The highest BCUT2D eigenvalue weighted by Gasteiger charge is 2.22. The SMILES string of the molecule is Cn1cc(C(=O)NCC2CCN(C(=O)/C=C/c3ccco3)CC2)nn1. The van der Waals surface area contributed by atoms with Crippen molar-refractivity contribution in [2.24, 2.45) is 13.0 Å². The lowest BCUT2D eigenvalue weighted by Crippen LogP contribution is -2.41. The van der Waals surface area contributed by atoms with Crippen molar-refractivity contribution in [3.63, 3.8) is 0 Å². The minimum atomic E-state index is -0.215. The molecule has 1 aliphatic heterocycles. The first-order valence-corrected chi connectivity index (χ1v) is 8.27.